The maximum absolute atomic E-state index is 12.9. The van der Waals surface area contributed by atoms with Crippen molar-refractivity contribution in [1.82, 2.24) is 29.1 Å². The molecule has 4 heterocycles. The van der Waals surface area contributed by atoms with Crippen molar-refractivity contribution in [2.24, 2.45) is 0 Å². The van der Waals surface area contributed by atoms with E-state index in [1.54, 1.807) is 25.2 Å². The highest BCUT2D eigenvalue weighted by molar-refractivity contribution is 7.13. The maximum atomic E-state index is 12.9. The fraction of sp³-hybridized carbons (Fsp3) is 0.478. The molecule has 1 aliphatic carbocycles. The molecule has 1 N–H and O–H groups in total. The normalized spacial score (nSPS) is 17.6. The molecule has 33 heavy (non-hydrogen) atoms. The summed E-state index contributed by atoms with van der Waals surface area (Å²) >= 11 is 0. The van der Waals surface area contributed by atoms with Crippen LogP contribution < -0.4 is 10.2 Å². The van der Waals surface area contributed by atoms with Gasteiger partial charge in [-0.05, 0) is 31.0 Å². The molecule has 0 aromatic carbocycles. The van der Waals surface area contributed by atoms with Crippen LogP contribution in [0.5, 0.6) is 0 Å². The topological polar surface area (TPSA) is 82.4 Å². The number of hydrogen-bond donors (Lipinski definition) is 1. The predicted molar refractivity (Wildman–Crippen MR) is 136 cm³/mol. The van der Waals surface area contributed by atoms with Crippen LogP contribution in [0, 0.1) is 0 Å². The molecular weight excluding hydrogens is 435 g/mol. The van der Waals surface area contributed by atoms with Gasteiger partial charge in [0.25, 0.3) is 5.91 Å². The number of hydrogen-bond acceptors (Lipinski definition) is 7. The molecule has 2 fully saturated rings. The van der Waals surface area contributed by atoms with Crippen molar-refractivity contribution in [2.75, 3.05) is 50.5 Å². The first-order chi connectivity index (χ1) is 16.0. The minimum Gasteiger partial charge on any atom is -0.368 e. The van der Waals surface area contributed by atoms with Crippen LogP contribution in [-0.2, 0) is 0 Å². The molecule has 1 atom stereocenters. The van der Waals surface area contributed by atoms with Crippen LogP contribution in [0.3, 0.4) is 0 Å². The van der Waals surface area contributed by atoms with Gasteiger partial charge in [-0.2, -0.15) is 4.98 Å². The second kappa shape index (κ2) is 9.23. The fourth-order valence-electron chi connectivity index (χ4n) is 4.74. The molecule has 176 valence electrons. The minimum atomic E-state index is -0.00540. The highest BCUT2D eigenvalue weighted by Crippen LogP contribution is 2.35. The van der Waals surface area contributed by atoms with E-state index in [1.165, 1.54) is 12.8 Å². The maximum Gasteiger partial charge on any atom is 0.270 e. The van der Waals surface area contributed by atoms with Gasteiger partial charge in [0.2, 0.25) is 5.95 Å². The lowest BCUT2D eigenvalue weighted by molar-refractivity contribution is 0.0815. The first kappa shape index (κ1) is 22.0. The molecule has 3 aromatic heterocycles. The van der Waals surface area contributed by atoms with Gasteiger partial charge >= 0.3 is 0 Å². The molecule has 2 aliphatic rings. The van der Waals surface area contributed by atoms with Gasteiger partial charge in [-0.25, -0.2) is 9.97 Å². The van der Waals surface area contributed by atoms with E-state index >= 15 is 0 Å². The molecular formula is C23H33N8OP. The summed E-state index contributed by atoms with van der Waals surface area (Å²) in [6, 6.07) is 6.26. The van der Waals surface area contributed by atoms with Crippen molar-refractivity contribution in [3.63, 3.8) is 0 Å². The van der Waals surface area contributed by atoms with E-state index in [4.69, 9.17) is 4.98 Å². The number of fused-ring (bicyclic) bond motifs is 1. The Balaban J connectivity index is 0.00000274. The van der Waals surface area contributed by atoms with Gasteiger partial charge in [0.05, 0.1) is 11.9 Å². The SMILES string of the molecule is CN(C)C(=O)c1cc2cnc(Nc3ccc(N4CCN(P)CC4)cn3)nc2n1C1CCCC1.[HH]. The summed E-state index contributed by atoms with van der Waals surface area (Å²) in [5, 5.41) is 4.12. The number of piperazine rings is 1. The Morgan fingerprint density at radius 2 is 1.88 bits per heavy atom. The van der Waals surface area contributed by atoms with Crippen molar-refractivity contribution in [1.29, 1.82) is 0 Å². The average molecular weight is 469 g/mol. The summed E-state index contributed by atoms with van der Waals surface area (Å²) in [6.07, 6.45) is 8.18. The fourth-order valence-corrected chi connectivity index (χ4v) is 4.97. The summed E-state index contributed by atoms with van der Waals surface area (Å²) in [5.41, 5.74) is 2.61. The highest BCUT2D eigenvalue weighted by atomic mass is 31.0. The molecule has 1 unspecified atom stereocenters. The van der Waals surface area contributed by atoms with E-state index < -0.39 is 0 Å². The molecule has 0 bridgehead atoms. The first-order valence-corrected chi connectivity index (χ1v) is 12.1. The number of nitrogens with one attached hydrogen (secondary N) is 1. The van der Waals surface area contributed by atoms with E-state index in [0.29, 0.717) is 23.5 Å². The van der Waals surface area contributed by atoms with Crippen LogP contribution in [-0.4, -0.2) is 75.3 Å². The highest BCUT2D eigenvalue weighted by Gasteiger charge is 2.26. The smallest absolute Gasteiger partial charge is 0.270 e. The lowest BCUT2D eigenvalue weighted by Crippen LogP contribution is -2.42. The van der Waals surface area contributed by atoms with E-state index in [0.717, 1.165) is 55.7 Å². The summed E-state index contributed by atoms with van der Waals surface area (Å²) in [5.74, 6) is 1.18. The van der Waals surface area contributed by atoms with Gasteiger partial charge in [-0.15, -0.1) is 0 Å². The first-order valence-electron chi connectivity index (χ1n) is 11.6. The van der Waals surface area contributed by atoms with E-state index in [2.05, 4.69) is 44.9 Å². The second-order valence-corrected chi connectivity index (χ2v) is 9.79. The molecule has 10 heteroatoms. The lowest BCUT2D eigenvalue weighted by Gasteiger charge is -2.33. The number of amides is 1. The van der Waals surface area contributed by atoms with Crippen LogP contribution >= 0.6 is 9.39 Å². The molecule has 1 aliphatic heterocycles. The molecule has 0 radical (unpaired) electrons. The van der Waals surface area contributed by atoms with Crippen molar-refractivity contribution in [2.45, 2.75) is 31.7 Å². The third kappa shape index (κ3) is 4.52. The molecule has 9 nitrogen and oxygen atoms in total. The van der Waals surface area contributed by atoms with Gasteiger partial charge in [0.15, 0.2) is 0 Å². The van der Waals surface area contributed by atoms with Gasteiger partial charge in [-0.1, -0.05) is 22.2 Å². The average Bonchev–Trinajstić information content (AvgIpc) is 3.47. The van der Waals surface area contributed by atoms with Crippen LogP contribution in [0.2, 0.25) is 0 Å². The molecule has 1 amide bonds. The Kier molecular flexibility index (Phi) is 6.17. The van der Waals surface area contributed by atoms with Crippen molar-refractivity contribution in [3.8, 4) is 0 Å². The number of nitrogens with zero attached hydrogens (tertiary/aromatic N) is 7. The number of carbonyl (C=O) groups excluding carboxylic acids is 1. The zero-order valence-electron chi connectivity index (χ0n) is 19.2. The molecule has 3 aromatic rings. The number of carbonyl (C=O) groups is 1. The van der Waals surface area contributed by atoms with Crippen molar-refractivity contribution in [3.05, 3.63) is 36.3 Å². The Morgan fingerprint density at radius 3 is 2.55 bits per heavy atom. The molecule has 0 spiro atoms. The Hall–Kier alpha value is -2.77. The van der Waals surface area contributed by atoms with Crippen LogP contribution in [0.25, 0.3) is 11.0 Å². The second-order valence-electron chi connectivity index (χ2n) is 9.06. The minimum absolute atomic E-state index is 0. The number of rotatable bonds is 5. The standard InChI is InChI=1S/C23H31N8OP.H2/c1-28(2)22(32)19-13-16-14-25-23(27-21(16)31(19)17-5-3-4-6-17)26-20-8-7-18(15-24-20)29-9-11-30(33)12-10-29;/h7-8,13-15,17H,3-6,9-12,33H2,1-2H3,(H,24,25,26,27);1H. The van der Waals surface area contributed by atoms with Crippen LogP contribution in [0.4, 0.5) is 17.5 Å². The van der Waals surface area contributed by atoms with Gasteiger partial charge in [0, 0.05) is 59.3 Å². The van der Waals surface area contributed by atoms with Gasteiger partial charge in [-0.3, -0.25) is 9.46 Å². The van der Waals surface area contributed by atoms with E-state index in [1.807, 2.05) is 18.3 Å². The quantitative estimate of drug-likeness (QED) is 0.574. The largest absolute Gasteiger partial charge is 0.368 e. The van der Waals surface area contributed by atoms with Gasteiger partial charge in [0.1, 0.15) is 17.2 Å². The number of pyridine rings is 1. The summed E-state index contributed by atoms with van der Waals surface area (Å²) in [6.45, 7) is 4.03. The molecule has 1 saturated heterocycles. The lowest BCUT2D eigenvalue weighted by atomic mass is 10.2. The Morgan fingerprint density at radius 1 is 1.12 bits per heavy atom. The van der Waals surface area contributed by atoms with Crippen molar-refractivity contribution < 1.29 is 6.22 Å². The third-order valence-electron chi connectivity index (χ3n) is 6.56. The number of anilines is 3. The Labute approximate surface area is 197 Å². The zero-order valence-corrected chi connectivity index (χ0v) is 20.4. The van der Waals surface area contributed by atoms with Gasteiger partial charge < -0.3 is 19.7 Å². The summed E-state index contributed by atoms with van der Waals surface area (Å²) in [7, 11) is 6.34. The predicted octanol–water partition coefficient (Wildman–Crippen LogP) is 3.54. The van der Waals surface area contributed by atoms with Crippen LogP contribution in [0.15, 0.2) is 30.6 Å². The number of aromatic nitrogens is 4. The molecule has 5 rings (SSSR count). The van der Waals surface area contributed by atoms with E-state index in [9.17, 15) is 4.79 Å². The van der Waals surface area contributed by atoms with Crippen molar-refractivity contribution >= 4 is 43.8 Å². The molecule has 1 saturated carbocycles. The monoisotopic (exact) mass is 468 g/mol. The van der Waals surface area contributed by atoms with E-state index in [-0.39, 0.29) is 7.33 Å². The summed E-state index contributed by atoms with van der Waals surface area (Å²) < 4.78 is 4.38. The van der Waals surface area contributed by atoms with Crippen LogP contribution in [0.1, 0.15) is 43.6 Å². The zero-order chi connectivity index (χ0) is 22.9. The third-order valence-corrected chi connectivity index (χ3v) is 7.07. The summed E-state index contributed by atoms with van der Waals surface area (Å²) in [4.78, 5) is 30.7. The Bertz CT molecular complexity index is 1140.